The van der Waals surface area contributed by atoms with Gasteiger partial charge in [-0.3, -0.25) is 4.90 Å². The highest BCUT2D eigenvalue weighted by Crippen LogP contribution is 2.30. The van der Waals surface area contributed by atoms with Crippen molar-refractivity contribution in [3.63, 3.8) is 0 Å². The Hall–Kier alpha value is -2.00. The third-order valence-electron chi connectivity index (χ3n) is 3.77. The minimum Gasteiger partial charge on any atom is -0.506 e. The fraction of sp³-hybridized carbons (Fsp3) is 0.294. The highest BCUT2D eigenvalue weighted by Gasteiger charge is 2.28. The first-order chi connectivity index (χ1) is 9.72. The third-order valence-corrected chi connectivity index (χ3v) is 3.77. The first kappa shape index (κ1) is 13.0. The molecule has 3 rings (SSSR count). The molecule has 0 unspecified atom stereocenters. The molecule has 1 saturated carbocycles. The quantitative estimate of drug-likeness (QED) is 0.647. The number of phenolic OH excluding ortho intramolecular Hbond substituents is 1. The maximum atomic E-state index is 9.50. The lowest BCUT2D eigenvalue weighted by Gasteiger charge is -2.22. The molecule has 0 aliphatic heterocycles. The van der Waals surface area contributed by atoms with Crippen molar-refractivity contribution in [1.82, 2.24) is 4.90 Å². The number of aromatic hydroxyl groups is 1. The molecule has 0 heterocycles. The van der Waals surface area contributed by atoms with Crippen LogP contribution in [-0.2, 0) is 13.1 Å². The lowest BCUT2D eigenvalue weighted by molar-refractivity contribution is 0.246. The van der Waals surface area contributed by atoms with E-state index in [1.165, 1.54) is 18.4 Å². The van der Waals surface area contributed by atoms with Crippen LogP contribution in [0.3, 0.4) is 0 Å². The van der Waals surface area contributed by atoms with E-state index in [-0.39, 0.29) is 5.75 Å². The van der Waals surface area contributed by atoms with Crippen LogP contribution >= 0.6 is 0 Å². The molecule has 3 nitrogen and oxygen atoms in total. The van der Waals surface area contributed by atoms with Gasteiger partial charge in [-0.2, -0.15) is 0 Å². The van der Waals surface area contributed by atoms with Gasteiger partial charge in [-0.25, -0.2) is 0 Å². The number of hydrogen-bond donors (Lipinski definition) is 2. The molecule has 0 spiro atoms. The number of rotatable bonds is 5. The normalized spacial score (nSPS) is 14.7. The maximum absolute atomic E-state index is 9.50. The number of phenols is 1. The summed E-state index contributed by atoms with van der Waals surface area (Å²) in [6.07, 6.45) is 2.56. The van der Waals surface area contributed by atoms with Crippen LogP contribution in [0.2, 0.25) is 0 Å². The zero-order valence-corrected chi connectivity index (χ0v) is 11.5. The molecule has 20 heavy (non-hydrogen) atoms. The van der Waals surface area contributed by atoms with E-state index in [4.69, 9.17) is 5.73 Å². The van der Waals surface area contributed by atoms with Crippen LogP contribution in [0.1, 0.15) is 24.0 Å². The average molecular weight is 268 g/mol. The molecule has 1 aliphatic rings. The highest BCUT2D eigenvalue weighted by molar-refractivity contribution is 5.53. The van der Waals surface area contributed by atoms with Crippen LogP contribution in [0.15, 0.2) is 48.5 Å². The van der Waals surface area contributed by atoms with Gasteiger partial charge in [0.25, 0.3) is 0 Å². The summed E-state index contributed by atoms with van der Waals surface area (Å²) in [4.78, 5) is 2.49. The van der Waals surface area contributed by atoms with Crippen molar-refractivity contribution in [3.8, 4) is 5.75 Å². The number of nitrogens with zero attached hydrogens (tertiary/aromatic N) is 1. The SMILES string of the molecule is Nc1cc(CN(Cc2ccccc2)C2CC2)ccc1O. The fourth-order valence-corrected chi connectivity index (χ4v) is 2.51. The molecule has 2 aromatic rings. The molecular formula is C17H20N2O. The van der Waals surface area contributed by atoms with Crippen molar-refractivity contribution < 1.29 is 5.11 Å². The van der Waals surface area contributed by atoms with Crippen LogP contribution in [-0.4, -0.2) is 16.0 Å². The molecule has 0 atom stereocenters. The van der Waals surface area contributed by atoms with Crippen LogP contribution in [0.4, 0.5) is 5.69 Å². The van der Waals surface area contributed by atoms with E-state index in [1.807, 2.05) is 18.2 Å². The lowest BCUT2D eigenvalue weighted by Crippen LogP contribution is -2.25. The van der Waals surface area contributed by atoms with Gasteiger partial charge < -0.3 is 10.8 Å². The van der Waals surface area contributed by atoms with Crippen molar-refractivity contribution in [2.24, 2.45) is 0 Å². The fourth-order valence-electron chi connectivity index (χ4n) is 2.51. The summed E-state index contributed by atoms with van der Waals surface area (Å²) in [5.41, 5.74) is 8.72. The molecular weight excluding hydrogens is 248 g/mol. The first-order valence-electron chi connectivity index (χ1n) is 7.08. The Morgan fingerprint density at radius 1 is 1.00 bits per heavy atom. The van der Waals surface area contributed by atoms with Crippen molar-refractivity contribution in [3.05, 3.63) is 59.7 Å². The minimum atomic E-state index is 0.162. The van der Waals surface area contributed by atoms with Gasteiger partial charge in [0.05, 0.1) is 5.69 Å². The Morgan fingerprint density at radius 3 is 2.35 bits per heavy atom. The van der Waals surface area contributed by atoms with Crippen molar-refractivity contribution >= 4 is 5.69 Å². The standard InChI is InChI=1S/C17H20N2O/c18-16-10-14(6-9-17(16)20)12-19(15-7-8-15)11-13-4-2-1-3-5-13/h1-6,9-10,15,20H,7-8,11-12,18H2. The summed E-state index contributed by atoms with van der Waals surface area (Å²) in [5.74, 6) is 0.162. The number of nitrogens with two attached hydrogens (primary N) is 1. The summed E-state index contributed by atoms with van der Waals surface area (Å²) in [7, 11) is 0. The highest BCUT2D eigenvalue weighted by atomic mass is 16.3. The number of anilines is 1. The molecule has 0 amide bonds. The Morgan fingerprint density at radius 2 is 1.70 bits per heavy atom. The summed E-state index contributed by atoms with van der Waals surface area (Å²) in [6, 6.07) is 16.7. The van der Waals surface area contributed by atoms with Crippen molar-refractivity contribution in [1.29, 1.82) is 0 Å². The molecule has 1 fully saturated rings. The number of nitrogen functional groups attached to an aromatic ring is 1. The van der Waals surface area contributed by atoms with Crippen LogP contribution < -0.4 is 5.73 Å². The zero-order chi connectivity index (χ0) is 13.9. The average Bonchev–Trinajstić information content (AvgIpc) is 3.28. The summed E-state index contributed by atoms with van der Waals surface area (Å²) < 4.78 is 0. The second-order valence-electron chi connectivity index (χ2n) is 5.51. The molecule has 0 bridgehead atoms. The predicted molar refractivity (Wildman–Crippen MR) is 81.2 cm³/mol. The Labute approximate surface area is 119 Å². The van der Waals surface area contributed by atoms with Gasteiger partial charge in [0.2, 0.25) is 0 Å². The van der Waals surface area contributed by atoms with Gasteiger partial charge in [-0.1, -0.05) is 36.4 Å². The summed E-state index contributed by atoms with van der Waals surface area (Å²) in [5, 5.41) is 9.50. The van der Waals surface area contributed by atoms with Gasteiger partial charge >= 0.3 is 0 Å². The third kappa shape index (κ3) is 3.11. The van der Waals surface area contributed by atoms with Crippen LogP contribution in [0.5, 0.6) is 5.75 Å². The van der Waals surface area contributed by atoms with E-state index in [0.29, 0.717) is 11.7 Å². The smallest absolute Gasteiger partial charge is 0.138 e. The van der Waals surface area contributed by atoms with Gasteiger partial charge in [0, 0.05) is 19.1 Å². The Balaban J connectivity index is 1.72. The van der Waals surface area contributed by atoms with Gasteiger partial charge in [0.1, 0.15) is 5.75 Å². The van der Waals surface area contributed by atoms with Crippen LogP contribution in [0, 0.1) is 0 Å². The van der Waals surface area contributed by atoms with Crippen LogP contribution in [0.25, 0.3) is 0 Å². The molecule has 3 N–H and O–H groups in total. The molecule has 1 aliphatic carbocycles. The van der Waals surface area contributed by atoms with E-state index < -0.39 is 0 Å². The van der Waals surface area contributed by atoms with Gasteiger partial charge in [-0.05, 0) is 36.1 Å². The van der Waals surface area contributed by atoms with Crippen molar-refractivity contribution in [2.45, 2.75) is 32.0 Å². The van der Waals surface area contributed by atoms with E-state index in [1.54, 1.807) is 6.07 Å². The second kappa shape index (κ2) is 5.55. The molecule has 104 valence electrons. The van der Waals surface area contributed by atoms with E-state index >= 15 is 0 Å². The molecule has 0 saturated heterocycles. The van der Waals surface area contributed by atoms with E-state index in [0.717, 1.165) is 18.7 Å². The van der Waals surface area contributed by atoms with Gasteiger partial charge in [0.15, 0.2) is 0 Å². The minimum absolute atomic E-state index is 0.162. The topological polar surface area (TPSA) is 49.5 Å². The Bertz CT molecular complexity index is 579. The molecule has 0 aromatic heterocycles. The molecule has 2 aromatic carbocycles. The lowest BCUT2D eigenvalue weighted by atomic mass is 10.1. The first-order valence-corrected chi connectivity index (χ1v) is 7.08. The monoisotopic (exact) mass is 268 g/mol. The van der Waals surface area contributed by atoms with Gasteiger partial charge in [-0.15, -0.1) is 0 Å². The largest absolute Gasteiger partial charge is 0.506 e. The number of hydrogen-bond acceptors (Lipinski definition) is 3. The number of benzene rings is 2. The second-order valence-corrected chi connectivity index (χ2v) is 5.51. The van der Waals surface area contributed by atoms with E-state index in [2.05, 4.69) is 29.2 Å². The maximum Gasteiger partial charge on any atom is 0.138 e. The molecule has 3 heteroatoms. The summed E-state index contributed by atoms with van der Waals surface area (Å²) >= 11 is 0. The Kier molecular flexibility index (Phi) is 3.61. The predicted octanol–water partition coefficient (Wildman–Crippen LogP) is 3.14. The zero-order valence-electron chi connectivity index (χ0n) is 11.5. The van der Waals surface area contributed by atoms with Crippen molar-refractivity contribution in [2.75, 3.05) is 5.73 Å². The summed E-state index contributed by atoms with van der Waals surface area (Å²) in [6.45, 7) is 1.84. The van der Waals surface area contributed by atoms with E-state index in [9.17, 15) is 5.11 Å². The molecule has 0 radical (unpaired) electrons.